The number of aromatic carboxylic acids is 1. The maximum absolute atomic E-state index is 13.1. The first kappa shape index (κ1) is 17.6. The molecule has 0 spiro atoms. The van der Waals surface area contributed by atoms with Crippen LogP contribution < -0.4 is 4.74 Å². The van der Waals surface area contributed by atoms with Gasteiger partial charge in [0.15, 0.2) is 0 Å². The quantitative estimate of drug-likeness (QED) is 0.795. The van der Waals surface area contributed by atoms with Gasteiger partial charge in [0.1, 0.15) is 5.75 Å². The summed E-state index contributed by atoms with van der Waals surface area (Å²) in [6.45, 7) is 0. The second-order valence-electron chi connectivity index (χ2n) is 4.64. The fraction of sp³-hybridized carbons (Fsp3) is 0.133. The van der Waals surface area contributed by atoms with Crippen LogP contribution >= 0.6 is 0 Å². The number of hydrogen-bond donors (Lipinski definition) is 1. The molecule has 0 atom stereocenters. The van der Waals surface area contributed by atoms with Crippen LogP contribution in [0.4, 0.5) is 26.3 Å². The van der Waals surface area contributed by atoms with Gasteiger partial charge in [0.2, 0.25) is 0 Å². The molecule has 0 radical (unpaired) electrons. The van der Waals surface area contributed by atoms with E-state index in [1.165, 1.54) is 0 Å². The van der Waals surface area contributed by atoms with Crippen molar-refractivity contribution >= 4 is 5.97 Å². The Morgan fingerprint density at radius 3 is 1.96 bits per heavy atom. The highest BCUT2D eigenvalue weighted by molar-refractivity contribution is 5.89. The Morgan fingerprint density at radius 2 is 1.50 bits per heavy atom. The molecule has 0 unspecified atom stereocenters. The first-order valence-electron chi connectivity index (χ1n) is 6.28. The normalized spacial score (nSPS) is 12.1. The predicted octanol–water partition coefficient (Wildman–Crippen LogP) is 4.97. The molecular formula is C15H8F6O3. The monoisotopic (exact) mass is 350 g/mol. The Kier molecular flexibility index (Phi) is 4.46. The van der Waals surface area contributed by atoms with Crippen LogP contribution in [0.5, 0.6) is 5.75 Å². The largest absolute Gasteiger partial charge is 0.573 e. The van der Waals surface area contributed by atoms with Crippen molar-refractivity contribution in [3.05, 3.63) is 53.6 Å². The number of alkyl halides is 6. The summed E-state index contributed by atoms with van der Waals surface area (Å²) >= 11 is 0. The van der Waals surface area contributed by atoms with Gasteiger partial charge in [0.05, 0.1) is 11.1 Å². The van der Waals surface area contributed by atoms with Crippen LogP contribution in [-0.4, -0.2) is 17.4 Å². The molecular weight excluding hydrogens is 342 g/mol. The number of benzene rings is 2. The summed E-state index contributed by atoms with van der Waals surface area (Å²) in [5.74, 6) is -2.11. The molecule has 0 fully saturated rings. The number of hydrogen-bond acceptors (Lipinski definition) is 2. The van der Waals surface area contributed by atoms with Crippen LogP contribution in [0.15, 0.2) is 42.5 Å². The number of ether oxygens (including phenoxy) is 1. The summed E-state index contributed by atoms with van der Waals surface area (Å²) in [5.41, 5.74) is -2.14. The topological polar surface area (TPSA) is 46.5 Å². The summed E-state index contributed by atoms with van der Waals surface area (Å²) < 4.78 is 79.2. The molecule has 1 N–H and O–H groups in total. The molecule has 0 saturated carbocycles. The second kappa shape index (κ2) is 6.06. The Morgan fingerprint density at radius 1 is 0.917 bits per heavy atom. The lowest BCUT2D eigenvalue weighted by atomic mass is 9.97. The van der Waals surface area contributed by atoms with Crippen molar-refractivity contribution in [3.63, 3.8) is 0 Å². The minimum absolute atomic E-state index is 0.0335. The third-order valence-corrected chi connectivity index (χ3v) is 2.97. The fourth-order valence-electron chi connectivity index (χ4n) is 2.00. The van der Waals surface area contributed by atoms with Gasteiger partial charge in [-0.25, -0.2) is 4.79 Å². The Labute approximate surface area is 131 Å². The van der Waals surface area contributed by atoms with E-state index in [-0.39, 0.29) is 11.1 Å². The maximum atomic E-state index is 13.1. The lowest BCUT2D eigenvalue weighted by molar-refractivity contribution is -0.274. The van der Waals surface area contributed by atoms with E-state index in [2.05, 4.69) is 4.74 Å². The molecule has 9 heteroatoms. The third kappa shape index (κ3) is 4.18. The van der Waals surface area contributed by atoms with Crippen LogP contribution in [0.2, 0.25) is 0 Å². The van der Waals surface area contributed by atoms with Crippen molar-refractivity contribution in [2.45, 2.75) is 12.5 Å². The van der Waals surface area contributed by atoms with Crippen LogP contribution in [0.1, 0.15) is 15.9 Å². The number of rotatable bonds is 3. The molecule has 0 saturated heterocycles. The van der Waals surface area contributed by atoms with Crippen LogP contribution in [0.3, 0.4) is 0 Å². The van der Waals surface area contributed by atoms with Gasteiger partial charge in [-0.3, -0.25) is 0 Å². The van der Waals surface area contributed by atoms with E-state index >= 15 is 0 Å². The molecule has 3 nitrogen and oxygen atoms in total. The second-order valence-corrected chi connectivity index (χ2v) is 4.64. The van der Waals surface area contributed by atoms with Crippen molar-refractivity contribution in [1.82, 2.24) is 0 Å². The molecule has 0 aliphatic heterocycles. The highest BCUT2D eigenvalue weighted by Gasteiger charge is 2.35. The number of carbonyl (C=O) groups is 1. The van der Waals surface area contributed by atoms with Gasteiger partial charge in [0, 0.05) is 0 Å². The Hall–Kier alpha value is -2.71. The standard InChI is InChI=1S/C15H8F6O3/c16-14(17,18)12-7-9(13(22)23)3-6-11(12)8-1-4-10(5-2-8)24-15(19,20)21/h1-7H,(H,22,23). The van der Waals surface area contributed by atoms with Crippen LogP contribution in [-0.2, 0) is 6.18 Å². The molecule has 0 heterocycles. The molecule has 2 aromatic carbocycles. The van der Waals surface area contributed by atoms with E-state index in [4.69, 9.17) is 5.11 Å². The molecule has 2 aromatic rings. The fourth-order valence-corrected chi connectivity index (χ4v) is 2.00. The average Bonchev–Trinajstić information content (AvgIpc) is 2.45. The molecule has 0 aliphatic carbocycles. The van der Waals surface area contributed by atoms with Crippen molar-refractivity contribution < 1.29 is 41.0 Å². The number of carboxylic acid groups (broad SMARTS) is 1. The number of halogens is 6. The van der Waals surface area contributed by atoms with Crippen LogP contribution in [0.25, 0.3) is 11.1 Å². The van der Waals surface area contributed by atoms with Crippen molar-refractivity contribution in [2.24, 2.45) is 0 Å². The van der Waals surface area contributed by atoms with Gasteiger partial charge in [-0.1, -0.05) is 18.2 Å². The Bertz CT molecular complexity index is 747. The minimum atomic E-state index is -4.91. The van der Waals surface area contributed by atoms with E-state index < -0.39 is 35.4 Å². The van der Waals surface area contributed by atoms with E-state index in [1.54, 1.807) is 0 Å². The summed E-state index contributed by atoms with van der Waals surface area (Å²) in [6, 6.07) is 6.18. The minimum Gasteiger partial charge on any atom is -0.478 e. The summed E-state index contributed by atoms with van der Waals surface area (Å²) in [7, 11) is 0. The first-order valence-corrected chi connectivity index (χ1v) is 6.28. The van der Waals surface area contributed by atoms with E-state index in [0.717, 1.165) is 36.4 Å². The molecule has 2 rings (SSSR count). The summed E-state index contributed by atoms with van der Waals surface area (Å²) in [5, 5.41) is 8.79. The lowest BCUT2D eigenvalue weighted by Gasteiger charge is -2.14. The Balaban J connectivity index is 2.46. The SMILES string of the molecule is O=C(O)c1ccc(-c2ccc(OC(F)(F)F)cc2)c(C(F)(F)F)c1. The van der Waals surface area contributed by atoms with E-state index in [0.29, 0.717) is 6.07 Å². The van der Waals surface area contributed by atoms with Gasteiger partial charge in [0.25, 0.3) is 0 Å². The first-order chi connectivity index (χ1) is 11.0. The third-order valence-electron chi connectivity index (χ3n) is 2.97. The van der Waals surface area contributed by atoms with Gasteiger partial charge in [-0.15, -0.1) is 13.2 Å². The van der Waals surface area contributed by atoms with Crippen molar-refractivity contribution in [1.29, 1.82) is 0 Å². The van der Waals surface area contributed by atoms with Gasteiger partial charge >= 0.3 is 18.5 Å². The number of carboxylic acids is 1. The zero-order valence-corrected chi connectivity index (χ0v) is 11.6. The van der Waals surface area contributed by atoms with Gasteiger partial charge < -0.3 is 9.84 Å². The molecule has 24 heavy (non-hydrogen) atoms. The predicted molar refractivity (Wildman–Crippen MR) is 70.5 cm³/mol. The molecule has 0 amide bonds. The summed E-state index contributed by atoms with van der Waals surface area (Å²) in [4.78, 5) is 10.8. The summed E-state index contributed by atoms with van der Waals surface area (Å²) in [6.07, 6.45) is -9.75. The lowest BCUT2D eigenvalue weighted by Crippen LogP contribution is -2.17. The molecule has 0 aliphatic rings. The van der Waals surface area contributed by atoms with Crippen molar-refractivity contribution in [2.75, 3.05) is 0 Å². The van der Waals surface area contributed by atoms with Crippen LogP contribution in [0, 0.1) is 0 Å². The molecule has 0 bridgehead atoms. The zero-order chi connectivity index (χ0) is 18.1. The zero-order valence-electron chi connectivity index (χ0n) is 11.6. The highest BCUT2D eigenvalue weighted by atomic mass is 19.4. The van der Waals surface area contributed by atoms with E-state index in [9.17, 15) is 31.1 Å². The highest BCUT2D eigenvalue weighted by Crippen LogP contribution is 2.38. The average molecular weight is 350 g/mol. The van der Waals surface area contributed by atoms with Gasteiger partial charge in [-0.2, -0.15) is 13.2 Å². The van der Waals surface area contributed by atoms with Gasteiger partial charge in [-0.05, 0) is 35.4 Å². The maximum Gasteiger partial charge on any atom is 0.573 e. The smallest absolute Gasteiger partial charge is 0.478 e. The molecule has 128 valence electrons. The molecule has 0 aromatic heterocycles. The van der Waals surface area contributed by atoms with Crippen molar-refractivity contribution in [3.8, 4) is 16.9 Å². The van der Waals surface area contributed by atoms with E-state index in [1.807, 2.05) is 0 Å².